The first-order valence-corrected chi connectivity index (χ1v) is 21.9. The fraction of sp³-hybridized carbons (Fsp3) is 0.269. The molecule has 1 atom stereocenters. The van der Waals surface area contributed by atoms with Gasteiger partial charge in [0.05, 0.1) is 35.5 Å². The minimum atomic E-state index is -0.778. The van der Waals surface area contributed by atoms with Crippen molar-refractivity contribution in [2.24, 2.45) is 5.73 Å². The summed E-state index contributed by atoms with van der Waals surface area (Å²) in [5, 5.41) is 29.1. The van der Waals surface area contributed by atoms with Gasteiger partial charge in [-0.1, -0.05) is 54.6 Å². The number of aromatic nitrogens is 2. The van der Waals surface area contributed by atoms with E-state index in [-0.39, 0.29) is 22.8 Å². The molecule has 328 valence electrons. The molecule has 3 heterocycles. The van der Waals surface area contributed by atoms with E-state index in [2.05, 4.69) is 50.9 Å². The Labute approximate surface area is 372 Å². The molecule has 64 heavy (non-hydrogen) atoms. The number of aliphatic hydroxyl groups is 1. The summed E-state index contributed by atoms with van der Waals surface area (Å²) in [6.07, 6.45) is 6.06. The Morgan fingerprint density at radius 3 is 2.48 bits per heavy atom. The van der Waals surface area contributed by atoms with E-state index in [1.807, 2.05) is 66.4 Å². The number of phenolic OH excluding ortho intramolecular Hbond substituents is 1. The van der Waals surface area contributed by atoms with Crippen LogP contribution in [-0.2, 0) is 12.8 Å². The summed E-state index contributed by atoms with van der Waals surface area (Å²) >= 11 is 0. The average Bonchev–Trinajstić information content (AvgIpc) is 3.30. The van der Waals surface area contributed by atoms with Crippen molar-refractivity contribution in [1.29, 1.82) is 0 Å². The molecule has 7 N–H and O–H groups in total. The summed E-state index contributed by atoms with van der Waals surface area (Å²) in [5.41, 5.74) is 15.2. The number of fused-ring (bicyclic) bond motifs is 2. The van der Waals surface area contributed by atoms with E-state index >= 15 is 0 Å². The molecule has 0 aliphatic carbocycles. The molecule has 12 nitrogen and oxygen atoms in total. The molecule has 8 rings (SSSR count). The molecule has 1 aliphatic heterocycles. The Hall–Kier alpha value is -7.02. The maximum absolute atomic E-state index is 13.8. The molecule has 0 unspecified atom stereocenters. The molecule has 0 bridgehead atoms. The number of aryl methyl sites for hydroxylation is 2. The molecule has 2 aromatic heterocycles. The minimum absolute atomic E-state index is 0.0236. The fourth-order valence-electron chi connectivity index (χ4n) is 8.91. The number of pyridine rings is 2. The molecular formula is C52H54N6O6. The van der Waals surface area contributed by atoms with E-state index in [1.165, 1.54) is 29.5 Å². The maximum Gasteiger partial charge on any atom is 0.253 e. The summed E-state index contributed by atoms with van der Waals surface area (Å²) < 4.78 is 5.41. The zero-order valence-corrected chi connectivity index (χ0v) is 36.2. The van der Waals surface area contributed by atoms with Crippen LogP contribution < -0.4 is 26.7 Å². The number of nitrogens with one attached hydrogen (secondary N) is 3. The number of aliphatic hydroxyl groups excluding tert-OH is 1. The monoisotopic (exact) mass is 858 g/mol. The van der Waals surface area contributed by atoms with Crippen molar-refractivity contribution in [3.05, 3.63) is 170 Å². The van der Waals surface area contributed by atoms with Crippen LogP contribution in [0.4, 0.5) is 11.4 Å². The van der Waals surface area contributed by atoms with Gasteiger partial charge in [0.25, 0.3) is 11.8 Å². The number of nitrogens with two attached hydrogens (primary N) is 1. The SMILES string of the molecule is COc1cccc(Nc2c(C(N)=O)cnc3c(C)cc(Cc4cccc(C(=O)N5CCC(c6ccc(CCCCNC[C@H](O)c7ccc(O)c8[nH]c(=O)ccc78)cc6)CC5)c4)cc23)c1. The molecule has 12 heteroatoms. The van der Waals surface area contributed by atoms with Gasteiger partial charge in [-0.05, 0) is 134 Å². The molecule has 1 fully saturated rings. The molecule has 2 amide bonds. The van der Waals surface area contributed by atoms with Crippen LogP contribution in [0, 0.1) is 6.92 Å². The number of anilines is 2. The molecule has 0 radical (unpaired) electrons. The lowest BCUT2D eigenvalue weighted by molar-refractivity contribution is 0.0712. The van der Waals surface area contributed by atoms with Crippen molar-refractivity contribution >= 4 is 45.0 Å². The Morgan fingerprint density at radius 1 is 0.906 bits per heavy atom. The number of nitrogens with zero attached hydrogens (tertiary/aromatic N) is 2. The summed E-state index contributed by atoms with van der Waals surface area (Å²) in [6.45, 7) is 4.52. The van der Waals surface area contributed by atoms with Crippen LogP contribution in [0.2, 0.25) is 0 Å². The first kappa shape index (κ1) is 43.6. The number of carbonyl (C=O) groups is 2. The number of hydrogen-bond acceptors (Lipinski definition) is 9. The molecular weight excluding hydrogens is 805 g/mol. The number of hydrogen-bond donors (Lipinski definition) is 6. The highest BCUT2D eigenvalue weighted by Gasteiger charge is 2.25. The van der Waals surface area contributed by atoms with Gasteiger partial charge in [-0.25, -0.2) is 0 Å². The van der Waals surface area contributed by atoms with Gasteiger partial charge < -0.3 is 41.2 Å². The van der Waals surface area contributed by atoms with Crippen LogP contribution in [0.15, 0.2) is 120 Å². The molecule has 1 aliphatic rings. The zero-order chi connectivity index (χ0) is 44.7. The molecule has 0 spiro atoms. The van der Waals surface area contributed by atoms with Crippen molar-refractivity contribution in [1.82, 2.24) is 20.2 Å². The summed E-state index contributed by atoms with van der Waals surface area (Å²) in [6, 6.07) is 34.6. The third kappa shape index (κ3) is 9.94. The highest BCUT2D eigenvalue weighted by molar-refractivity contribution is 6.08. The van der Waals surface area contributed by atoms with Crippen LogP contribution in [-0.4, -0.2) is 70.2 Å². The topological polar surface area (TPSA) is 183 Å². The van der Waals surface area contributed by atoms with E-state index in [0.717, 1.165) is 71.9 Å². The Balaban J connectivity index is 0.824. The number of amides is 2. The lowest BCUT2D eigenvalue weighted by Crippen LogP contribution is -2.37. The van der Waals surface area contributed by atoms with Crippen molar-refractivity contribution in [2.75, 3.05) is 38.6 Å². The standard InChI is InChI=1S/C52H54N6O6/c1-32-25-35(28-43-48(32)55-30-44(51(53)62)49(43)56-39-10-6-11-40(29-39)64-2)26-34-8-5-9-38(27-34)52(63)58-23-20-37(21-24-58)36-14-12-33(13-15-36)7-3-4-22-54-31-46(60)41-16-18-45(59)50-42(41)17-19-47(61)57-50/h5-6,8-19,25,27-30,37,46,54,59-60H,3-4,7,20-24,26,31H2,1-2H3,(H2,53,62)(H,55,56)(H,57,61)/t46-/m0/s1. The normalized spacial score (nSPS) is 13.6. The Bertz CT molecular complexity index is 2870. The number of carbonyl (C=O) groups excluding carboxylic acids is 2. The van der Waals surface area contributed by atoms with Gasteiger partial charge in [-0.3, -0.25) is 19.4 Å². The molecule has 5 aromatic carbocycles. The number of unbranched alkanes of at least 4 members (excludes halogenated alkanes) is 1. The second-order valence-corrected chi connectivity index (χ2v) is 16.7. The number of primary amides is 1. The smallest absolute Gasteiger partial charge is 0.253 e. The number of rotatable bonds is 16. The van der Waals surface area contributed by atoms with Gasteiger partial charge in [-0.2, -0.15) is 0 Å². The number of H-pyrrole nitrogens is 1. The van der Waals surface area contributed by atoms with E-state index in [0.29, 0.717) is 65.4 Å². The average molecular weight is 859 g/mol. The first-order chi connectivity index (χ1) is 31.0. The predicted molar refractivity (Wildman–Crippen MR) is 252 cm³/mol. The molecule has 7 aromatic rings. The second-order valence-electron chi connectivity index (χ2n) is 16.7. The number of likely N-dealkylation sites (tertiary alicyclic amines) is 1. The van der Waals surface area contributed by atoms with Gasteiger partial charge in [-0.15, -0.1) is 0 Å². The van der Waals surface area contributed by atoms with Gasteiger partial charge in [0.1, 0.15) is 11.5 Å². The lowest BCUT2D eigenvalue weighted by atomic mass is 9.88. The van der Waals surface area contributed by atoms with Gasteiger partial charge in [0.15, 0.2) is 0 Å². The summed E-state index contributed by atoms with van der Waals surface area (Å²) in [7, 11) is 1.61. The summed E-state index contributed by atoms with van der Waals surface area (Å²) in [4.78, 5) is 47.4. The number of methoxy groups -OCH3 is 1. The van der Waals surface area contributed by atoms with Crippen molar-refractivity contribution in [3.8, 4) is 11.5 Å². The highest BCUT2D eigenvalue weighted by Crippen LogP contribution is 2.34. The second kappa shape index (κ2) is 19.6. The largest absolute Gasteiger partial charge is 0.506 e. The van der Waals surface area contributed by atoms with Gasteiger partial charge in [0.2, 0.25) is 5.56 Å². The molecule has 0 saturated carbocycles. The number of phenols is 1. The maximum atomic E-state index is 13.8. The number of aromatic amines is 1. The van der Waals surface area contributed by atoms with Crippen LogP contribution in [0.25, 0.3) is 21.8 Å². The van der Waals surface area contributed by atoms with E-state index in [4.69, 9.17) is 10.5 Å². The highest BCUT2D eigenvalue weighted by atomic mass is 16.5. The van der Waals surface area contributed by atoms with E-state index in [9.17, 15) is 24.6 Å². The van der Waals surface area contributed by atoms with Crippen molar-refractivity contribution < 1.29 is 24.5 Å². The Kier molecular flexibility index (Phi) is 13.3. The minimum Gasteiger partial charge on any atom is -0.506 e. The van der Waals surface area contributed by atoms with Crippen LogP contribution in [0.3, 0.4) is 0 Å². The molecule has 1 saturated heterocycles. The fourth-order valence-corrected chi connectivity index (χ4v) is 8.91. The van der Waals surface area contributed by atoms with E-state index < -0.39 is 12.0 Å². The van der Waals surface area contributed by atoms with Gasteiger partial charge in [0, 0.05) is 60.0 Å². The third-order valence-corrected chi connectivity index (χ3v) is 12.3. The quantitative estimate of drug-likeness (QED) is 0.0522. The number of aromatic hydroxyl groups is 1. The van der Waals surface area contributed by atoms with Crippen molar-refractivity contribution in [2.45, 2.75) is 57.5 Å². The number of ether oxygens (including phenoxy) is 1. The van der Waals surface area contributed by atoms with Crippen molar-refractivity contribution in [3.63, 3.8) is 0 Å². The number of benzene rings is 5. The van der Waals surface area contributed by atoms with Gasteiger partial charge >= 0.3 is 0 Å². The van der Waals surface area contributed by atoms with E-state index in [1.54, 1.807) is 19.2 Å². The predicted octanol–water partition coefficient (Wildman–Crippen LogP) is 8.20. The summed E-state index contributed by atoms with van der Waals surface area (Å²) in [5.74, 6) is 0.518. The number of piperidine rings is 1. The third-order valence-electron chi connectivity index (χ3n) is 12.3. The van der Waals surface area contributed by atoms with Crippen LogP contribution >= 0.6 is 0 Å². The first-order valence-electron chi connectivity index (χ1n) is 21.9. The van der Waals surface area contributed by atoms with Crippen LogP contribution in [0.1, 0.15) is 91.8 Å². The Morgan fingerprint density at radius 2 is 1.70 bits per heavy atom. The van der Waals surface area contributed by atoms with Crippen LogP contribution in [0.5, 0.6) is 11.5 Å². The lowest BCUT2D eigenvalue weighted by Gasteiger charge is -2.32. The zero-order valence-electron chi connectivity index (χ0n) is 36.2.